The quantitative estimate of drug-likeness (QED) is 0.728. The van der Waals surface area contributed by atoms with E-state index in [9.17, 15) is 22.7 Å². The van der Waals surface area contributed by atoms with Crippen LogP contribution in [0.4, 0.5) is 23.2 Å². The maximum atomic E-state index is 13.5. The number of rotatable bonds is 6. The summed E-state index contributed by atoms with van der Waals surface area (Å²) in [4.78, 5) is 0. The topological polar surface area (TPSA) is 89.1 Å². The fourth-order valence-corrected chi connectivity index (χ4v) is 2.24. The number of halogens is 4. The van der Waals surface area contributed by atoms with E-state index in [0.29, 0.717) is 0 Å². The number of nitrogens with zero attached hydrogens (tertiary/aromatic N) is 2. The molecule has 0 aliphatic carbocycles. The van der Waals surface area contributed by atoms with Crippen molar-refractivity contribution in [2.24, 2.45) is 0 Å². The maximum absolute atomic E-state index is 13.5. The zero-order valence-electron chi connectivity index (χ0n) is 14.6. The van der Waals surface area contributed by atoms with E-state index in [0.717, 1.165) is 18.2 Å². The van der Waals surface area contributed by atoms with E-state index >= 15 is 0 Å². The van der Waals surface area contributed by atoms with Gasteiger partial charge in [0.05, 0.1) is 22.8 Å². The van der Waals surface area contributed by atoms with Gasteiger partial charge in [0.2, 0.25) is 0 Å². The molecule has 1 atom stereocenters. The fraction of sp³-hybridized carbons (Fsp3) is 0.263. The van der Waals surface area contributed by atoms with Gasteiger partial charge in [-0.3, -0.25) is 0 Å². The number of hydrogen-bond acceptors (Lipinski definition) is 5. The standard InChI is InChI=1S/C19H15F4N3O2/c1-18(27,11-28-15-5-3-13(9-25)17(20)7-15)10-26-14-4-2-12(8-24)16(6-14)19(21,22)23/h2-7,26-27H,10-11H2,1H3. The van der Waals surface area contributed by atoms with Crippen LogP contribution in [-0.4, -0.2) is 23.9 Å². The zero-order valence-corrected chi connectivity index (χ0v) is 14.6. The Morgan fingerprint density at radius 2 is 1.71 bits per heavy atom. The van der Waals surface area contributed by atoms with Crippen LogP contribution < -0.4 is 10.1 Å². The molecular formula is C19H15F4N3O2. The summed E-state index contributed by atoms with van der Waals surface area (Å²) in [6.45, 7) is 0.928. The average molecular weight is 393 g/mol. The Kier molecular flexibility index (Phi) is 6.12. The third-order valence-corrected chi connectivity index (χ3v) is 3.73. The predicted molar refractivity (Wildman–Crippen MR) is 91.9 cm³/mol. The number of nitriles is 2. The summed E-state index contributed by atoms with van der Waals surface area (Å²) in [6, 6.07) is 9.85. The Morgan fingerprint density at radius 1 is 1.07 bits per heavy atom. The van der Waals surface area contributed by atoms with Crippen LogP contribution >= 0.6 is 0 Å². The lowest BCUT2D eigenvalue weighted by molar-refractivity contribution is -0.137. The monoisotopic (exact) mass is 393 g/mol. The molecule has 28 heavy (non-hydrogen) atoms. The molecular weight excluding hydrogens is 378 g/mol. The molecule has 0 aliphatic rings. The van der Waals surface area contributed by atoms with Crippen molar-refractivity contribution in [3.63, 3.8) is 0 Å². The van der Waals surface area contributed by atoms with Crippen molar-refractivity contribution in [2.75, 3.05) is 18.5 Å². The van der Waals surface area contributed by atoms with Crippen molar-refractivity contribution in [3.05, 3.63) is 58.9 Å². The Labute approximate surface area is 158 Å². The molecule has 0 spiro atoms. The number of anilines is 1. The first-order chi connectivity index (χ1) is 13.1. The SMILES string of the molecule is CC(O)(CNc1ccc(C#N)c(C(F)(F)F)c1)COc1ccc(C#N)c(F)c1. The van der Waals surface area contributed by atoms with Crippen LogP contribution in [0.2, 0.25) is 0 Å². The van der Waals surface area contributed by atoms with Gasteiger partial charge < -0.3 is 15.2 Å². The van der Waals surface area contributed by atoms with Crippen LogP contribution in [0, 0.1) is 28.5 Å². The molecule has 0 saturated heterocycles. The molecule has 0 fully saturated rings. The molecule has 2 rings (SSSR count). The summed E-state index contributed by atoms with van der Waals surface area (Å²) in [5, 5.41) is 30.5. The molecule has 0 saturated carbocycles. The van der Waals surface area contributed by atoms with E-state index < -0.39 is 28.7 Å². The van der Waals surface area contributed by atoms with Gasteiger partial charge in [-0.05, 0) is 37.3 Å². The van der Waals surface area contributed by atoms with Crippen molar-refractivity contribution in [1.82, 2.24) is 0 Å². The second kappa shape index (κ2) is 8.15. The highest BCUT2D eigenvalue weighted by molar-refractivity contribution is 5.53. The lowest BCUT2D eigenvalue weighted by atomic mass is 10.1. The lowest BCUT2D eigenvalue weighted by Crippen LogP contribution is -2.39. The molecule has 2 aromatic carbocycles. The minimum atomic E-state index is -4.69. The van der Waals surface area contributed by atoms with E-state index in [2.05, 4.69) is 5.32 Å². The second-order valence-electron chi connectivity index (χ2n) is 6.26. The van der Waals surface area contributed by atoms with E-state index in [4.69, 9.17) is 15.3 Å². The highest BCUT2D eigenvalue weighted by atomic mass is 19.4. The van der Waals surface area contributed by atoms with Crippen LogP contribution in [0.5, 0.6) is 5.75 Å². The summed E-state index contributed by atoms with van der Waals surface area (Å²) in [6.07, 6.45) is -4.69. The molecule has 9 heteroatoms. The first-order valence-electron chi connectivity index (χ1n) is 7.96. The minimum absolute atomic E-state index is 0.0658. The van der Waals surface area contributed by atoms with Gasteiger partial charge >= 0.3 is 6.18 Å². The molecule has 5 nitrogen and oxygen atoms in total. The summed E-state index contributed by atoms with van der Waals surface area (Å²) >= 11 is 0. The first kappa shape index (κ1) is 21.0. The fourth-order valence-electron chi connectivity index (χ4n) is 2.24. The van der Waals surface area contributed by atoms with Crippen molar-refractivity contribution < 1.29 is 27.4 Å². The van der Waals surface area contributed by atoms with Crippen molar-refractivity contribution >= 4 is 5.69 Å². The van der Waals surface area contributed by atoms with Crippen LogP contribution in [0.25, 0.3) is 0 Å². The highest BCUT2D eigenvalue weighted by Crippen LogP contribution is 2.33. The summed E-state index contributed by atoms with van der Waals surface area (Å²) in [7, 11) is 0. The van der Waals surface area contributed by atoms with Crippen molar-refractivity contribution in [1.29, 1.82) is 10.5 Å². The Bertz CT molecular complexity index is 944. The van der Waals surface area contributed by atoms with Crippen LogP contribution in [0.3, 0.4) is 0 Å². The van der Waals surface area contributed by atoms with Gasteiger partial charge in [-0.15, -0.1) is 0 Å². The van der Waals surface area contributed by atoms with Crippen molar-refractivity contribution in [3.8, 4) is 17.9 Å². The smallest absolute Gasteiger partial charge is 0.417 e. The van der Waals surface area contributed by atoms with Crippen molar-refractivity contribution in [2.45, 2.75) is 18.7 Å². The van der Waals surface area contributed by atoms with Gasteiger partial charge in [-0.2, -0.15) is 23.7 Å². The number of hydrogen-bond donors (Lipinski definition) is 2. The molecule has 0 aromatic heterocycles. The van der Waals surface area contributed by atoms with Crippen LogP contribution in [0.1, 0.15) is 23.6 Å². The number of aliphatic hydroxyl groups is 1. The third-order valence-electron chi connectivity index (χ3n) is 3.73. The van der Waals surface area contributed by atoms with E-state index in [1.807, 2.05) is 0 Å². The molecule has 0 bridgehead atoms. The minimum Gasteiger partial charge on any atom is -0.490 e. The molecule has 2 N–H and O–H groups in total. The number of nitrogens with one attached hydrogen (secondary N) is 1. The summed E-state index contributed by atoms with van der Waals surface area (Å²) in [5.74, 6) is -0.676. The molecule has 146 valence electrons. The Balaban J connectivity index is 2.02. The van der Waals surface area contributed by atoms with E-state index in [1.54, 1.807) is 6.07 Å². The molecule has 0 aliphatic heterocycles. The van der Waals surface area contributed by atoms with Gasteiger partial charge in [-0.25, -0.2) is 4.39 Å². The van der Waals surface area contributed by atoms with E-state index in [-0.39, 0.29) is 30.2 Å². The Morgan fingerprint density at radius 3 is 2.29 bits per heavy atom. The summed E-state index contributed by atoms with van der Waals surface area (Å²) in [5.41, 5.74) is -3.17. The van der Waals surface area contributed by atoms with Gasteiger partial charge in [0.1, 0.15) is 29.8 Å². The zero-order chi connectivity index (χ0) is 20.9. The van der Waals surface area contributed by atoms with Crippen LogP contribution in [-0.2, 0) is 6.18 Å². The lowest BCUT2D eigenvalue weighted by Gasteiger charge is -2.24. The van der Waals surface area contributed by atoms with Gasteiger partial charge in [-0.1, -0.05) is 0 Å². The predicted octanol–water partition coefficient (Wildman–Crippen LogP) is 3.83. The third kappa shape index (κ3) is 5.35. The van der Waals surface area contributed by atoms with E-state index in [1.165, 1.54) is 31.2 Å². The number of benzene rings is 2. The highest BCUT2D eigenvalue weighted by Gasteiger charge is 2.34. The molecule has 2 aromatic rings. The van der Waals surface area contributed by atoms with Gasteiger partial charge in [0.25, 0.3) is 0 Å². The summed E-state index contributed by atoms with van der Waals surface area (Å²) < 4.78 is 57.8. The maximum Gasteiger partial charge on any atom is 0.417 e. The molecule has 0 amide bonds. The molecule has 1 unspecified atom stereocenters. The van der Waals surface area contributed by atoms with Gasteiger partial charge in [0.15, 0.2) is 0 Å². The molecule has 0 heterocycles. The van der Waals surface area contributed by atoms with Gasteiger partial charge in [0, 0.05) is 18.3 Å². The van der Waals surface area contributed by atoms with Crippen LogP contribution in [0.15, 0.2) is 36.4 Å². The molecule has 0 radical (unpaired) electrons. The Hall–Kier alpha value is -3.30. The number of ether oxygens (including phenoxy) is 1. The number of alkyl halides is 3. The first-order valence-corrected chi connectivity index (χ1v) is 7.96. The normalized spacial score (nSPS) is 13.1. The second-order valence-corrected chi connectivity index (χ2v) is 6.26. The average Bonchev–Trinajstić information content (AvgIpc) is 2.64. The largest absolute Gasteiger partial charge is 0.490 e.